The highest BCUT2D eigenvalue weighted by atomic mass is 15.1. The summed E-state index contributed by atoms with van der Waals surface area (Å²) in [5, 5.41) is 8.64. The highest BCUT2D eigenvalue weighted by Crippen LogP contribution is 2.14. The second-order valence-corrected chi connectivity index (χ2v) is 3.66. The number of nitriles is 1. The molecule has 84 valence electrons. The summed E-state index contributed by atoms with van der Waals surface area (Å²) >= 11 is 0. The molecule has 16 heavy (non-hydrogen) atoms. The Morgan fingerprint density at radius 3 is 2.62 bits per heavy atom. The van der Waals surface area contributed by atoms with Gasteiger partial charge in [-0.1, -0.05) is 24.3 Å². The molecule has 0 bridgehead atoms. The van der Waals surface area contributed by atoms with E-state index in [-0.39, 0.29) is 0 Å². The first-order valence-electron chi connectivity index (χ1n) is 5.66. The van der Waals surface area contributed by atoms with E-state index in [4.69, 9.17) is 5.26 Å². The van der Waals surface area contributed by atoms with Crippen LogP contribution in [0.1, 0.15) is 19.3 Å². The van der Waals surface area contributed by atoms with Crippen LogP contribution < -0.4 is 4.90 Å². The standard InChI is InChI=1S/C14H18N2/c1-2-3-7-12-16(13-8-11-15)14-9-5-4-6-10-14/h2,4-6,9-10H,1,3,7-8,12-13H2. The Morgan fingerprint density at radius 2 is 2.00 bits per heavy atom. The molecule has 0 aliphatic rings. The summed E-state index contributed by atoms with van der Waals surface area (Å²) in [7, 11) is 0. The van der Waals surface area contributed by atoms with Gasteiger partial charge in [-0.25, -0.2) is 0 Å². The van der Waals surface area contributed by atoms with Crippen LogP contribution in [0.15, 0.2) is 43.0 Å². The zero-order chi connectivity index (χ0) is 11.6. The van der Waals surface area contributed by atoms with Crippen LogP contribution in [-0.2, 0) is 0 Å². The van der Waals surface area contributed by atoms with Crippen LogP contribution in [0, 0.1) is 11.3 Å². The first-order chi connectivity index (χ1) is 7.88. The summed E-state index contributed by atoms with van der Waals surface area (Å²) in [5.74, 6) is 0. The van der Waals surface area contributed by atoms with E-state index in [1.54, 1.807) is 0 Å². The molecule has 0 aromatic heterocycles. The van der Waals surface area contributed by atoms with E-state index in [1.165, 1.54) is 5.69 Å². The Kier molecular flexibility index (Phi) is 5.80. The first kappa shape index (κ1) is 12.3. The second-order valence-electron chi connectivity index (χ2n) is 3.66. The smallest absolute Gasteiger partial charge is 0.0640 e. The van der Waals surface area contributed by atoms with Crippen molar-refractivity contribution in [3.8, 4) is 6.07 Å². The molecular weight excluding hydrogens is 196 g/mol. The fourth-order valence-corrected chi connectivity index (χ4v) is 1.62. The average molecular weight is 214 g/mol. The van der Waals surface area contributed by atoms with Crippen molar-refractivity contribution in [2.45, 2.75) is 19.3 Å². The van der Waals surface area contributed by atoms with Crippen LogP contribution in [0.25, 0.3) is 0 Å². The third-order valence-corrected chi connectivity index (χ3v) is 2.45. The van der Waals surface area contributed by atoms with Gasteiger partial charge in [-0.3, -0.25) is 0 Å². The van der Waals surface area contributed by atoms with Gasteiger partial charge in [0.25, 0.3) is 0 Å². The number of para-hydroxylation sites is 1. The van der Waals surface area contributed by atoms with Gasteiger partial charge < -0.3 is 4.90 Å². The van der Waals surface area contributed by atoms with Gasteiger partial charge in [0, 0.05) is 18.8 Å². The van der Waals surface area contributed by atoms with E-state index in [1.807, 2.05) is 24.3 Å². The molecule has 0 aliphatic carbocycles. The number of nitrogens with zero attached hydrogens (tertiary/aromatic N) is 2. The van der Waals surface area contributed by atoms with E-state index < -0.39 is 0 Å². The first-order valence-corrected chi connectivity index (χ1v) is 5.66. The molecule has 0 atom stereocenters. The van der Waals surface area contributed by atoms with Gasteiger partial charge in [-0.05, 0) is 25.0 Å². The Balaban J connectivity index is 2.56. The van der Waals surface area contributed by atoms with E-state index >= 15 is 0 Å². The molecule has 2 nitrogen and oxygen atoms in total. The van der Waals surface area contributed by atoms with Crippen molar-refractivity contribution in [2.24, 2.45) is 0 Å². The summed E-state index contributed by atoms with van der Waals surface area (Å²) in [5.41, 5.74) is 1.20. The maximum atomic E-state index is 8.64. The molecule has 0 N–H and O–H groups in total. The van der Waals surface area contributed by atoms with Crippen molar-refractivity contribution in [3.63, 3.8) is 0 Å². The second kappa shape index (κ2) is 7.53. The maximum Gasteiger partial charge on any atom is 0.0640 e. The number of hydrogen-bond acceptors (Lipinski definition) is 2. The molecule has 1 aromatic rings. The fraction of sp³-hybridized carbons (Fsp3) is 0.357. The molecule has 0 aliphatic heterocycles. The number of allylic oxidation sites excluding steroid dienone is 1. The van der Waals surface area contributed by atoms with Crippen molar-refractivity contribution < 1.29 is 0 Å². The zero-order valence-corrected chi connectivity index (χ0v) is 9.60. The van der Waals surface area contributed by atoms with Crippen molar-refractivity contribution in [1.29, 1.82) is 5.26 Å². The van der Waals surface area contributed by atoms with Crippen molar-refractivity contribution >= 4 is 5.69 Å². The van der Waals surface area contributed by atoms with E-state index in [9.17, 15) is 0 Å². The van der Waals surface area contributed by atoms with Crippen LogP contribution in [0.5, 0.6) is 0 Å². The SMILES string of the molecule is C=CCCCN(CCC#N)c1ccccc1. The summed E-state index contributed by atoms with van der Waals surface area (Å²) in [6, 6.07) is 12.4. The molecule has 0 spiro atoms. The molecule has 0 heterocycles. The van der Waals surface area contributed by atoms with Crippen LogP contribution in [0.2, 0.25) is 0 Å². The lowest BCUT2D eigenvalue weighted by molar-refractivity contribution is 0.739. The lowest BCUT2D eigenvalue weighted by atomic mass is 10.2. The number of hydrogen-bond donors (Lipinski definition) is 0. The normalized spacial score (nSPS) is 9.44. The van der Waals surface area contributed by atoms with E-state index in [0.29, 0.717) is 6.42 Å². The summed E-state index contributed by atoms with van der Waals surface area (Å²) in [4.78, 5) is 2.26. The average Bonchev–Trinajstić information content (AvgIpc) is 2.35. The monoisotopic (exact) mass is 214 g/mol. The third kappa shape index (κ3) is 4.18. The molecular formula is C14H18N2. The Morgan fingerprint density at radius 1 is 1.25 bits per heavy atom. The Labute approximate surface area is 97.8 Å². The number of benzene rings is 1. The minimum atomic E-state index is 0.572. The third-order valence-electron chi connectivity index (χ3n) is 2.45. The predicted octanol–water partition coefficient (Wildman–Crippen LogP) is 3.37. The van der Waals surface area contributed by atoms with Gasteiger partial charge in [0.1, 0.15) is 0 Å². The van der Waals surface area contributed by atoms with Gasteiger partial charge in [0.2, 0.25) is 0 Å². The number of anilines is 1. The van der Waals surface area contributed by atoms with Crippen molar-refractivity contribution in [1.82, 2.24) is 0 Å². The van der Waals surface area contributed by atoms with Gasteiger partial charge >= 0.3 is 0 Å². The summed E-state index contributed by atoms with van der Waals surface area (Å²) in [6.07, 6.45) is 4.62. The lowest BCUT2D eigenvalue weighted by Gasteiger charge is -2.23. The predicted molar refractivity (Wildman–Crippen MR) is 68.3 cm³/mol. The fourth-order valence-electron chi connectivity index (χ4n) is 1.62. The molecule has 0 amide bonds. The van der Waals surface area contributed by atoms with Crippen LogP contribution in [0.3, 0.4) is 0 Å². The van der Waals surface area contributed by atoms with E-state index in [0.717, 1.165) is 25.9 Å². The van der Waals surface area contributed by atoms with Gasteiger partial charge in [0.05, 0.1) is 12.5 Å². The number of unbranched alkanes of at least 4 members (excludes halogenated alkanes) is 1. The number of rotatable bonds is 7. The Bertz CT molecular complexity index is 338. The largest absolute Gasteiger partial charge is 0.370 e. The lowest BCUT2D eigenvalue weighted by Crippen LogP contribution is -2.25. The Hall–Kier alpha value is -1.75. The van der Waals surface area contributed by atoms with E-state index in [2.05, 4.69) is 29.7 Å². The molecule has 0 saturated carbocycles. The highest BCUT2D eigenvalue weighted by molar-refractivity contribution is 5.45. The molecule has 0 fully saturated rings. The quantitative estimate of drug-likeness (QED) is 0.514. The zero-order valence-electron chi connectivity index (χ0n) is 9.60. The van der Waals surface area contributed by atoms with Crippen LogP contribution in [-0.4, -0.2) is 13.1 Å². The minimum Gasteiger partial charge on any atom is -0.370 e. The van der Waals surface area contributed by atoms with Crippen molar-refractivity contribution in [3.05, 3.63) is 43.0 Å². The van der Waals surface area contributed by atoms with Gasteiger partial charge in [-0.15, -0.1) is 6.58 Å². The minimum absolute atomic E-state index is 0.572. The molecule has 0 radical (unpaired) electrons. The van der Waals surface area contributed by atoms with Gasteiger partial charge in [0.15, 0.2) is 0 Å². The molecule has 1 rings (SSSR count). The summed E-state index contributed by atoms with van der Waals surface area (Å²) < 4.78 is 0. The van der Waals surface area contributed by atoms with Crippen molar-refractivity contribution in [2.75, 3.05) is 18.0 Å². The molecule has 1 aromatic carbocycles. The van der Waals surface area contributed by atoms with Crippen LogP contribution >= 0.6 is 0 Å². The molecule has 2 heteroatoms. The topological polar surface area (TPSA) is 27.0 Å². The highest BCUT2D eigenvalue weighted by Gasteiger charge is 2.04. The maximum absolute atomic E-state index is 8.64. The van der Waals surface area contributed by atoms with Gasteiger partial charge in [-0.2, -0.15) is 5.26 Å². The molecule has 0 unspecified atom stereocenters. The molecule has 0 saturated heterocycles. The van der Waals surface area contributed by atoms with Crippen LogP contribution in [0.4, 0.5) is 5.69 Å². The summed E-state index contributed by atoms with van der Waals surface area (Å²) in [6.45, 7) is 5.51.